The highest BCUT2D eigenvalue weighted by atomic mass is 32.2. The number of carbonyl (C=O) groups is 1. The van der Waals surface area contributed by atoms with Gasteiger partial charge in [-0.2, -0.15) is 4.31 Å². The topological polar surface area (TPSA) is 57.7 Å². The van der Waals surface area contributed by atoms with E-state index in [4.69, 9.17) is 0 Å². The highest BCUT2D eigenvalue weighted by molar-refractivity contribution is 7.89. The molecule has 1 amide bonds. The van der Waals surface area contributed by atoms with Gasteiger partial charge in [-0.25, -0.2) is 8.42 Å². The second-order valence-corrected chi connectivity index (χ2v) is 7.84. The van der Waals surface area contributed by atoms with Crippen LogP contribution in [0.2, 0.25) is 0 Å². The molecule has 0 radical (unpaired) electrons. The van der Waals surface area contributed by atoms with Gasteiger partial charge in [0.1, 0.15) is 0 Å². The summed E-state index contributed by atoms with van der Waals surface area (Å²) in [6.45, 7) is 3.60. The van der Waals surface area contributed by atoms with Gasteiger partial charge in [-0.3, -0.25) is 4.79 Å². The van der Waals surface area contributed by atoms with E-state index in [-0.39, 0.29) is 16.8 Å². The fraction of sp³-hybridized carbons (Fsp3) is 0.278. The smallest absolute Gasteiger partial charge is 0.258 e. The minimum absolute atomic E-state index is 0.117. The zero-order valence-corrected chi connectivity index (χ0v) is 15.1. The summed E-state index contributed by atoms with van der Waals surface area (Å²) in [4.78, 5) is 14.3. The number of sulfonamides is 1. The van der Waals surface area contributed by atoms with E-state index in [1.807, 2.05) is 30.3 Å². The summed E-state index contributed by atoms with van der Waals surface area (Å²) >= 11 is 0. The summed E-state index contributed by atoms with van der Waals surface area (Å²) in [7, 11) is -0.424. The van der Waals surface area contributed by atoms with Crippen molar-refractivity contribution in [2.75, 3.05) is 19.0 Å². The molecule has 24 heavy (non-hydrogen) atoms. The maximum Gasteiger partial charge on any atom is 0.258 e. The standard InChI is InChI=1S/C18H22N2O3S/c1-14(2)20(4)24(22,23)17-12-8-9-15(13-17)18(21)19(3)16-10-6-5-7-11-16/h5-14H,1-4H3. The Morgan fingerprint density at radius 2 is 1.58 bits per heavy atom. The normalized spacial score (nSPS) is 11.8. The molecular weight excluding hydrogens is 324 g/mol. The second kappa shape index (κ2) is 7.15. The Balaban J connectivity index is 2.36. The van der Waals surface area contributed by atoms with Gasteiger partial charge >= 0.3 is 0 Å². The molecule has 0 saturated carbocycles. The first-order chi connectivity index (χ1) is 11.2. The molecule has 0 aliphatic carbocycles. The second-order valence-electron chi connectivity index (χ2n) is 5.84. The molecule has 0 saturated heterocycles. The van der Waals surface area contributed by atoms with Crippen molar-refractivity contribution < 1.29 is 13.2 Å². The van der Waals surface area contributed by atoms with Crippen LogP contribution in [0.4, 0.5) is 5.69 Å². The van der Waals surface area contributed by atoms with E-state index >= 15 is 0 Å². The number of nitrogens with zero attached hydrogens (tertiary/aromatic N) is 2. The van der Waals surface area contributed by atoms with Crippen molar-refractivity contribution in [3.8, 4) is 0 Å². The van der Waals surface area contributed by atoms with Crippen molar-refractivity contribution in [3.05, 3.63) is 60.2 Å². The first kappa shape index (κ1) is 18.2. The molecule has 0 N–H and O–H groups in total. The van der Waals surface area contributed by atoms with Crippen LogP contribution in [0, 0.1) is 0 Å². The van der Waals surface area contributed by atoms with Crippen LogP contribution in [0.25, 0.3) is 0 Å². The van der Waals surface area contributed by atoms with Crippen molar-refractivity contribution in [1.29, 1.82) is 0 Å². The van der Waals surface area contributed by atoms with Gasteiger partial charge < -0.3 is 4.90 Å². The maximum atomic E-state index is 12.6. The summed E-state index contributed by atoms with van der Waals surface area (Å²) in [5.41, 5.74) is 1.08. The van der Waals surface area contributed by atoms with Crippen LogP contribution in [-0.2, 0) is 10.0 Å². The molecule has 128 valence electrons. The molecule has 0 unspecified atom stereocenters. The highest BCUT2D eigenvalue weighted by Crippen LogP contribution is 2.20. The first-order valence-corrected chi connectivity index (χ1v) is 9.10. The predicted octanol–water partition coefficient (Wildman–Crippen LogP) is 2.99. The lowest BCUT2D eigenvalue weighted by Gasteiger charge is -2.22. The van der Waals surface area contributed by atoms with Crippen LogP contribution < -0.4 is 4.90 Å². The van der Waals surface area contributed by atoms with Crippen molar-refractivity contribution >= 4 is 21.6 Å². The zero-order chi connectivity index (χ0) is 17.9. The summed E-state index contributed by atoms with van der Waals surface area (Å²) < 4.78 is 26.5. The van der Waals surface area contributed by atoms with E-state index in [0.717, 1.165) is 5.69 Å². The third-order valence-corrected chi connectivity index (χ3v) is 5.96. The summed E-state index contributed by atoms with van der Waals surface area (Å²) in [6, 6.07) is 15.2. The number of para-hydroxylation sites is 1. The number of carbonyl (C=O) groups excluding carboxylic acids is 1. The Kier molecular flexibility index (Phi) is 5.41. The van der Waals surface area contributed by atoms with Crippen molar-refractivity contribution in [3.63, 3.8) is 0 Å². The highest BCUT2D eigenvalue weighted by Gasteiger charge is 2.24. The fourth-order valence-electron chi connectivity index (χ4n) is 2.20. The Morgan fingerprint density at radius 1 is 0.958 bits per heavy atom. The van der Waals surface area contributed by atoms with E-state index < -0.39 is 10.0 Å². The minimum Gasteiger partial charge on any atom is -0.311 e. The van der Waals surface area contributed by atoms with Crippen LogP contribution in [0.1, 0.15) is 24.2 Å². The minimum atomic E-state index is -3.62. The number of hydrogen-bond donors (Lipinski definition) is 0. The molecule has 6 heteroatoms. The Labute approximate surface area is 143 Å². The molecule has 2 aromatic carbocycles. The number of amides is 1. The number of anilines is 1. The van der Waals surface area contributed by atoms with Crippen molar-refractivity contribution in [2.45, 2.75) is 24.8 Å². The molecular formula is C18H22N2O3S. The summed E-state index contributed by atoms with van der Waals surface area (Å²) in [5, 5.41) is 0. The summed E-state index contributed by atoms with van der Waals surface area (Å²) in [5.74, 6) is -0.259. The molecule has 5 nitrogen and oxygen atoms in total. The zero-order valence-electron chi connectivity index (χ0n) is 14.3. The molecule has 0 aliphatic rings. The number of rotatable bonds is 5. The van der Waals surface area contributed by atoms with Gasteiger partial charge in [0, 0.05) is 31.4 Å². The van der Waals surface area contributed by atoms with Crippen LogP contribution in [0.15, 0.2) is 59.5 Å². The van der Waals surface area contributed by atoms with E-state index in [0.29, 0.717) is 5.56 Å². The predicted molar refractivity (Wildman–Crippen MR) is 95.7 cm³/mol. The van der Waals surface area contributed by atoms with E-state index in [2.05, 4.69) is 0 Å². The fourth-order valence-corrected chi connectivity index (χ4v) is 3.61. The number of hydrogen-bond acceptors (Lipinski definition) is 3. The largest absolute Gasteiger partial charge is 0.311 e. The van der Waals surface area contributed by atoms with Gasteiger partial charge in [0.25, 0.3) is 5.91 Å². The first-order valence-electron chi connectivity index (χ1n) is 7.66. The van der Waals surface area contributed by atoms with Crippen LogP contribution in [0.3, 0.4) is 0 Å². The van der Waals surface area contributed by atoms with Crippen LogP contribution in [0.5, 0.6) is 0 Å². The van der Waals surface area contributed by atoms with E-state index in [9.17, 15) is 13.2 Å². The molecule has 0 atom stereocenters. The van der Waals surface area contributed by atoms with E-state index in [1.54, 1.807) is 33.0 Å². The lowest BCUT2D eigenvalue weighted by atomic mass is 10.2. The average molecular weight is 346 g/mol. The van der Waals surface area contributed by atoms with Crippen molar-refractivity contribution in [2.24, 2.45) is 0 Å². The third-order valence-electron chi connectivity index (χ3n) is 3.93. The molecule has 0 spiro atoms. The molecule has 0 aliphatic heterocycles. The Hall–Kier alpha value is -2.18. The molecule has 0 fully saturated rings. The van der Waals surface area contributed by atoms with Gasteiger partial charge in [0.15, 0.2) is 0 Å². The van der Waals surface area contributed by atoms with Gasteiger partial charge in [0.2, 0.25) is 10.0 Å². The summed E-state index contributed by atoms with van der Waals surface area (Å²) in [6.07, 6.45) is 0. The van der Waals surface area contributed by atoms with Gasteiger partial charge in [-0.1, -0.05) is 24.3 Å². The maximum absolute atomic E-state index is 12.6. The van der Waals surface area contributed by atoms with Crippen molar-refractivity contribution in [1.82, 2.24) is 4.31 Å². The lowest BCUT2D eigenvalue weighted by Crippen LogP contribution is -2.33. The van der Waals surface area contributed by atoms with Crippen LogP contribution in [-0.4, -0.2) is 38.8 Å². The van der Waals surface area contributed by atoms with Crippen LogP contribution >= 0.6 is 0 Å². The molecule has 0 aromatic heterocycles. The quantitative estimate of drug-likeness (QED) is 0.836. The van der Waals surface area contributed by atoms with Gasteiger partial charge in [-0.15, -0.1) is 0 Å². The Morgan fingerprint density at radius 3 is 2.17 bits per heavy atom. The Bertz CT molecular complexity index is 817. The van der Waals surface area contributed by atoms with Gasteiger partial charge in [0.05, 0.1) is 4.90 Å². The third kappa shape index (κ3) is 3.66. The number of benzene rings is 2. The van der Waals surface area contributed by atoms with Gasteiger partial charge in [-0.05, 0) is 44.2 Å². The molecule has 0 heterocycles. The average Bonchev–Trinajstić information content (AvgIpc) is 2.60. The molecule has 2 aromatic rings. The lowest BCUT2D eigenvalue weighted by molar-refractivity contribution is 0.0993. The molecule has 2 rings (SSSR count). The monoisotopic (exact) mass is 346 g/mol. The molecule has 0 bridgehead atoms. The van der Waals surface area contributed by atoms with E-state index in [1.165, 1.54) is 28.4 Å². The SMILES string of the molecule is CC(C)N(C)S(=O)(=O)c1cccc(C(=O)N(C)c2ccccc2)c1.